The third kappa shape index (κ3) is 4.55. The minimum atomic E-state index is -0.552. The third-order valence-corrected chi connectivity index (χ3v) is 2.69. The molecule has 4 nitrogen and oxygen atoms in total. The minimum absolute atomic E-state index is 0.0203. The summed E-state index contributed by atoms with van der Waals surface area (Å²) in [6, 6.07) is 6.69. The van der Waals surface area contributed by atoms with Gasteiger partial charge in [0, 0.05) is 23.3 Å². The molecule has 0 saturated heterocycles. The highest BCUT2D eigenvalue weighted by molar-refractivity contribution is 6.30. The maximum Gasteiger partial charge on any atom is 0.322 e. The van der Waals surface area contributed by atoms with Crippen LogP contribution in [0.2, 0.25) is 5.02 Å². The lowest BCUT2D eigenvalue weighted by Gasteiger charge is -2.28. The number of hydrogen-bond donors (Lipinski definition) is 2. The predicted octanol–water partition coefficient (Wildman–Crippen LogP) is 2.96. The second-order valence-corrected chi connectivity index (χ2v) is 4.97. The molecule has 0 fully saturated rings. The van der Waals surface area contributed by atoms with E-state index in [0.29, 0.717) is 17.3 Å². The molecule has 1 rings (SSSR count). The number of aliphatic hydroxyl groups is 1. The molecule has 5 heteroatoms. The van der Waals surface area contributed by atoms with E-state index in [4.69, 9.17) is 11.6 Å². The van der Waals surface area contributed by atoms with Crippen molar-refractivity contribution in [3.63, 3.8) is 0 Å². The van der Waals surface area contributed by atoms with Crippen LogP contribution in [0.15, 0.2) is 24.3 Å². The normalized spacial score (nSPS) is 12.3. The number of amides is 2. The lowest BCUT2D eigenvalue weighted by Crippen LogP contribution is -2.43. The Labute approximate surface area is 113 Å². The van der Waals surface area contributed by atoms with Crippen LogP contribution < -0.4 is 5.32 Å². The number of hydrogen-bond acceptors (Lipinski definition) is 2. The molecule has 0 bridgehead atoms. The van der Waals surface area contributed by atoms with Gasteiger partial charge in [0.1, 0.15) is 0 Å². The first kappa shape index (κ1) is 14.8. The maximum atomic E-state index is 12.0. The molecule has 1 unspecified atom stereocenters. The number of aliphatic hydroxyl groups excluding tert-OH is 1. The summed E-state index contributed by atoms with van der Waals surface area (Å²) in [6.45, 7) is 5.77. The molecule has 0 aromatic heterocycles. The van der Waals surface area contributed by atoms with Crippen LogP contribution in [0.1, 0.15) is 20.8 Å². The summed E-state index contributed by atoms with van der Waals surface area (Å²) in [7, 11) is 0. The predicted molar refractivity (Wildman–Crippen MR) is 74.0 cm³/mol. The molecule has 1 aromatic rings. The van der Waals surface area contributed by atoms with Crippen molar-refractivity contribution in [2.24, 2.45) is 0 Å². The van der Waals surface area contributed by atoms with E-state index in [2.05, 4.69) is 5.32 Å². The van der Waals surface area contributed by atoms with Gasteiger partial charge in [-0.1, -0.05) is 11.6 Å². The van der Waals surface area contributed by atoms with Gasteiger partial charge in [0.25, 0.3) is 0 Å². The van der Waals surface area contributed by atoms with Crippen LogP contribution in [0.3, 0.4) is 0 Å². The summed E-state index contributed by atoms with van der Waals surface area (Å²) in [5.41, 5.74) is 0.681. The molecule has 18 heavy (non-hydrogen) atoms. The van der Waals surface area contributed by atoms with Crippen molar-refractivity contribution >= 4 is 23.3 Å². The third-order valence-electron chi connectivity index (χ3n) is 2.44. The van der Waals surface area contributed by atoms with Gasteiger partial charge >= 0.3 is 6.03 Å². The Balaban J connectivity index is 2.69. The zero-order chi connectivity index (χ0) is 13.7. The standard InChI is InChI=1S/C13H19ClN2O2/c1-9(2)16(8-10(3)17)13(18)15-12-6-4-11(14)5-7-12/h4-7,9-10,17H,8H2,1-3H3,(H,15,18). The highest BCUT2D eigenvalue weighted by Gasteiger charge is 2.18. The van der Waals surface area contributed by atoms with Gasteiger partial charge in [0.15, 0.2) is 0 Å². The van der Waals surface area contributed by atoms with Gasteiger partial charge in [0.05, 0.1) is 6.10 Å². The molecule has 0 aliphatic carbocycles. The number of nitrogens with zero attached hydrogens (tertiary/aromatic N) is 1. The Bertz CT molecular complexity index is 390. The summed E-state index contributed by atoms with van der Waals surface area (Å²) in [5.74, 6) is 0. The topological polar surface area (TPSA) is 52.6 Å². The van der Waals surface area contributed by atoms with E-state index in [1.165, 1.54) is 0 Å². The molecular formula is C13H19ClN2O2. The largest absolute Gasteiger partial charge is 0.392 e. The number of benzene rings is 1. The summed E-state index contributed by atoms with van der Waals surface area (Å²) in [4.78, 5) is 13.6. The van der Waals surface area contributed by atoms with Crippen LogP contribution in [-0.2, 0) is 0 Å². The molecule has 0 aliphatic heterocycles. The Hall–Kier alpha value is -1.26. The molecule has 0 saturated carbocycles. The molecule has 2 amide bonds. The molecule has 1 atom stereocenters. The van der Waals surface area contributed by atoms with Gasteiger partial charge in [-0.15, -0.1) is 0 Å². The number of carbonyl (C=O) groups excluding carboxylic acids is 1. The van der Waals surface area contributed by atoms with Gasteiger partial charge in [0.2, 0.25) is 0 Å². The number of nitrogens with one attached hydrogen (secondary N) is 1. The summed E-state index contributed by atoms with van der Waals surface area (Å²) >= 11 is 5.77. The van der Waals surface area contributed by atoms with Crippen LogP contribution in [-0.4, -0.2) is 34.7 Å². The first-order valence-corrected chi connectivity index (χ1v) is 6.29. The van der Waals surface area contributed by atoms with E-state index < -0.39 is 6.10 Å². The molecule has 2 N–H and O–H groups in total. The zero-order valence-electron chi connectivity index (χ0n) is 10.9. The van der Waals surface area contributed by atoms with Gasteiger partial charge in [-0.3, -0.25) is 0 Å². The van der Waals surface area contributed by atoms with Crippen LogP contribution in [0.4, 0.5) is 10.5 Å². The molecule has 0 aliphatic rings. The fourth-order valence-corrected chi connectivity index (χ4v) is 1.67. The van der Waals surface area contributed by atoms with Crippen molar-refractivity contribution in [3.05, 3.63) is 29.3 Å². The van der Waals surface area contributed by atoms with Gasteiger partial charge in [-0.2, -0.15) is 0 Å². The van der Waals surface area contributed by atoms with Gasteiger partial charge < -0.3 is 15.3 Å². The molecule has 0 radical (unpaired) electrons. The number of halogens is 1. The fraction of sp³-hybridized carbons (Fsp3) is 0.462. The zero-order valence-corrected chi connectivity index (χ0v) is 11.6. The van der Waals surface area contributed by atoms with Gasteiger partial charge in [-0.25, -0.2) is 4.79 Å². The SMILES string of the molecule is CC(O)CN(C(=O)Nc1ccc(Cl)cc1)C(C)C. The van der Waals surface area contributed by atoms with E-state index in [1.54, 1.807) is 36.1 Å². The minimum Gasteiger partial charge on any atom is -0.392 e. The van der Waals surface area contributed by atoms with Crippen molar-refractivity contribution in [2.75, 3.05) is 11.9 Å². The average Bonchev–Trinajstić information content (AvgIpc) is 2.28. The van der Waals surface area contributed by atoms with Crippen molar-refractivity contribution < 1.29 is 9.90 Å². The first-order valence-electron chi connectivity index (χ1n) is 5.91. The second-order valence-electron chi connectivity index (χ2n) is 4.53. The Morgan fingerprint density at radius 1 is 1.33 bits per heavy atom. The van der Waals surface area contributed by atoms with E-state index in [9.17, 15) is 9.90 Å². The van der Waals surface area contributed by atoms with Gasteiger partial charge in [-0.05, 0) is 45.0 Å². The smallest absolute Gasteiger partial charge is 0.322 e. The van der Waals surface area contributed by atoms with E-state index in [-0.39, 0.29) is 12.1 Å². The highest BCUT2D eigenvalue weighted by atomic mass is 35.5. The first-order chi connectivity index (χ1) is 8.40. The number of urea groups is 1. The van der Waals surface area contributed by atoms with Crippen molar-refractivity contribution in [1.29, 1.82) is 0 Å². The van der Waals surface area contributed by atoms with E-state index in [1.807, 2.05) is 13.8 Å². The van der Waals surface area contributed by atoms with Crippen LogP contribution in [0, 0.1) is 0 Å². The maximum absolute atomic E-state index is 12.0. The molecule has 0 heterocycles. The van der Waals surface area contributed by atoms with Crippen LogP contribution in [0.25, 0.3) is 0 Å². The molecule has 0 spiro atoms. The lowest BCUT2D eigenvalue weighted by molar-refractivity contribution is 0.125. The van der Waals surface area contributed by atoms with Crippen LogP contribution in [0.5, 0.6) is 0 Å². The average molecular weight is 271 g/mol. The summed E-state index contributed by atoms with van der Waals surface area (Å²) < 4.78 is 0. The van der Waals surface area contributed by atoms with Crippen LogP contribution >= 0.6 is 11.6 Å². The monoisotopic (exact) mass is 270 g/mol. The number of carbonyl (C=O) groups is 1. The summed E-state index contributed by atoms with van der Waals surface area (Å²) in [5, 5.41) is 12.8. The quantitative estimate of drug-likeness (QED) is 0.884. The lowest BCUT2D eigenvalue weighted by atomic mass is 10.3. The summed E-state index contributed by atoms with van der Waals surface area (Å²) in [6.07, 6.45) is -0.552. The Morgan fingerprint density at radius 2 is 1.89 bits per heavy atom. The Morgan fingerprint density at radius 3 is 2.33 bits per heavy atom. The molecular weight excluding hydrogens is 252 g/mol. The fourth-order valence-electron chi connectivity index (χ4n) is 1.54. The molecule has 1 aromatic carbocycles. The van der Waals surface area contributed by atoms with E-state index >= 15 is 0 Å². The van der Waals surface area contributed by atoms with Crippen molar-refractivity contribution in [1.82, 2.24) is 4.90 Å². The molecule has 100 valence electrons. The highest BCUT2D eigenvalue weighted by Crippen LogP contribution is 2.14. The number of rotatable bonds is 4. The van der Waals surface area contributed by atoms with Crippen molar-refractivity contribution in [2.45, 2.75) is 32.9 Å². The Kier molecular flexibility index (Phi) is 5.44. The van der Waals surface area contributed by atoms with E-state index in [0.717, 1.165) is 0 Å². The van der Waals surface area contributed by atoms with Crippen molar-refractivity contribution in [3.8, 4) is 0 Å². The second kappa shape index (κ2) is 6.61. The number of anilines is 1.